The summed E-state index contributed by atoms with van der Waals surface area (Å²) in [6.07, 6.45) is 0. The van der Waals surface area contributed by atoms with Crippen LogP contribution in [0.25, 0.3) is 0 Å². The summed E-state index contributed by atoms with van der Waals surface area (Å²) in [6, 6.07) is 16.3. The Morgan fingerprint density at radius 1 is 1.00 bits per heavy atom. The molecule has 9 nitrogen and oxygen atoms in total. The molecule has 0 saturated heterocycles. The molecule has 0 unspecified atom stereocenters. The van der Waals surface area contributed by atoms with Crippen LogP contribution in [0.15, 0.2) is 70.5 Å². The number of sulfonamides is 1. The third kappa shape index (κ3) is 6.06. The zero-order valence-electron chi connectivity index (χ0n) is 18.0. The number of aryl methyl sites for hydroxylation is 1. The Bertz CT molecular complexity index is 1490. The molecule has 35 heavy (non-hydrogen) atoms. The first-order chi connectivity index (χ1) is 16.6. The highest BCUT2D eigenvalue weighted by molar-refractivity contribution is 7.93. The molecule has 4 rings (SSSR count). The van der Waals surface area contributed by atoms with Gasteiger partial charge in [-0.05, 0) is 55.5 Å². The second kappa shape index (κ2) is 10.2. The van der Waals surface area contributed by atoms with E-state index >= 15 is 0 Å². The summed E-state index contributed by atoms with van der Waals surface area (Å²) in [5, 5.41) is 12.7. The van der Waals surface area contributed by atoms with Gasteiger partial charge in [-0.1, -0.05) is 40.9 Å². The van der Waals surface area contributed by atoms with Gasteiger partial charge in [0.15, 0.2) is 0 Å². The smallest absolute Gasteiger partial charge is 0.265 e. The molecule has 1 amide bonds. The first-order valence-electron chi connectivity index (χ1n) is 9.99. The van der Waals surface area contributed by atoms with Crippen molar-refractivity contribution >= 4 is 75.0 Å². The quantitative estimate of drug-likeness (QED) is 0.194. The molecule has 0 atom stereocenters. The number of carbonyl (C=O) groups excluding carboxylic acids is 1. The monoisotopic (exact) mass is 548 g/mol. The molecule has 0 bridgehead atoms. The number of hydrogen-bond acceptors (Lipinski definition) is 7. The number of nitrogens with one attached hydrogen (secondary N) is 4. The number of nitrogens with zero attached hydrogens (tertiary/aromatic N) is 2. The van der Waals surface area contributed by atoms with E-state index < -0.39 is 15.9 Å². The molecule has 1 heterocycles. The molecule has 0 saturated carbocycles. The summed E-state index contributed by atoms with van der Waals surface area (Å²) >= 11 is 16.3. The fraction of sp³-hybridized carbons (Fsp3) is 0.0455. The summed E-state index contributed by atoms with van der Waals surface area (Å²) in [5.41, 5.74) is 2.24. The van der Waals surface area contributed by atoms with E-state index in [9.17, 15) is 13.2 Å². The van der Waals surface area contributed by atoms with Crippen molar-refractivity contribution in [3.8, 4) is 0 Å². The highest BCUT2D eigenvalue weighted by atomic mass is 35.5. The Morgan fingerprint density at radius 2 is 1.66 bits per heavy atom. The van der Waals surface area contributed by atoms with Gasteiger partial charge in [0.25, 0.3) is 21.9 Å². The van der Waals surface area contributed by atoms with Crippen LogP contribution >= 0.6 is 35.8 Å². The normalized spacial score (nSPS) is 11.2. The molecule has 0 fully saturated rings. The minimum atomic E-state index is -4.22. The van der Waals surface area contributed by atoms with E-state index in [0.29, 0.717) is 10.7 Å². The van der Waals surface area contributed by atoms with Crippen molar-refractivity contribution in [3.63, 3.8) is 0 Å². The van der Waals surface area contributed by atoms with Crippen LogP contribution in [-0.2, 0) is 10.0 Å². The number of aromatic nitrogens is 3. The first-order valence-corrected chi connectivity index (χ1v) is 12.7. The van der Waals surface area contributed by atoms with Crippen molar-refractivity contribution in [3.05, 3.63) is 81.8 Å². The number of aromatic amines is 1. The Hall–Kier alpha value is -3.25. The summed E-state index contributed by atoms with van der Waals surface area (Å²) in [6.45, 7) is 1.96. The highest BCUT2D eigenvalue weighted by Crippen LogP contribution is 2.29. The fourth-order valence-electron chi connectivity index (χ4n) is 2.98. The maximum absolute atomic E-state index is 13.0. The van der Waals surface area contributed by atoms with Crippen LogP contribution in [0, 0.1) is 6.92 Å². The number of rotatable bonds is 7. The average molecular weight is 549 g/mol. The van der Waals surface area contributed by atoms with Crippen molar-refractivity contribution in [1.82, 2.24) is 15.2 Å². The molecule has 0 aliphatic carbocycles. The van der Waals surface area contributed by atoms with Crippen LogP contribution in [-0.4, -0.2) is 29.5 Å². The van der Waals surface area contributed by atoms with Crippen LogP contribution in [0.4, 0.5) is 23.3 Å². The molecule has 0 aliphatic rings. The lowest BCUT2D eigenvalue weighted by molar-refractivity contribution is 0.102. The molecular formula is C22H18Cl2N6O3S2. The van der Waals surface area contributed by atoms with Gasteiger partial charge in [0.05, 0.1) is 10.6 Å². The van der Waals surface area contributed by atoms with Crippen molar-refractivity contribution in [2.75, 3.05) is 15.4 Å². The predicted octanol–water partition coefficient (Wildman–Crippen LogP) is 5.51. The topological polar surface area (TPSA) is 129 Å². The molecule has 13 heteroatoms. The zero-order valence-corrected chi connectivity index (χ0v) is 21.2. The van der Waals surface area contributed by atoms with Crippen LogP contribution in [0.3, 0.4) is 0 Å². The van der Waals surface area contributed by atoms with Crippen molar-refractivity contribution in [2.24, 2.45) is 0 Å². The van der Waals surface area contributed by atoms with Crippen LogP contribution in [0.5, 0.6) is 0 Å². The van der Waals surface area contributed by atoms with Gasteiger partial charge in [-0.3, -0.25) is 4.79 Å². The van der Waals surface area contributed by atoms with Gasteiger partial charge < -0.3 is 10.6 Å². The van der Waals surface area contributed by atoms with E-state index in [0.717, 1.165) is 17.3 Å². The number of anilines is 4. The molecule has 180 valence electrons. The molecule has 4 aromatic rings. The van der Waals surface area contributed by atoms with Crippen molar-refractivity contribution < 1.29 is 13.2 Å². The molecular weight excluding hydrogens is 531 g/mol. The molecule has 0 spiro atoms. The van der Waals surface area contributed by atoms with E-state index in [2.05, 4.69) is 43.2 Å². The van der Waals surface area contributed by atoms with Gasteiger partial charge in [-0.15, -0.1) is 17.7 Å². The van der Waals surface area contributed by atoms with E-state index in [1.165, 1.54) is 6.07 Å². The minimum Gasteiger partial charge on any atom is -0.325 e. The number of carbonyl (C=O) groups is 1. The van der Waals surface area contributed by atoms with Gasteiger partial charge in [-0.25, -0.2) is 18.2 Å². The molecule has 0 radical (unpaired) electrons. The van der Waals surface area contributed by atoms with E-state index in [-0.39, 0.29) is 32.3 Å². The average Bonchev–Trinajstić information content (AvgIpc) is 3.22. The van der Waals surface area contributed by atoms with E-state index in [4.69, 9.17) is 23.2 Å². The lowest BCUT2D eigenvalue weighted by atomic mass is 10.2. The molecule has 4 N–H and O–H groups in total. The second-order valence-electron chi connectivity index (χ2n) is 7.36. The summed E-state index contributed by atoms with van der Waals surface area (Å²) < 4.78 is 28.4. The Morgan fingerprint density at radius 3 is 2.34 bits per heavy atom. The maximum atomic E-state index is 13.0. The number of hydrogen-bond donors (Lipinski definition) is 5. The van der Waals surface area contributed by atoms with E-state index in [1.807, 2.05) is 31.2 Å². The lowest BCUT2D eigenvalue weighted by Crippen LogP contribution is -2.17. The van der Waals surface area contributed by atoms with Crippen LogP contribution < -0.4 is 15.4 Å². The Labute approximate surface area is 216 Å². The molecule has 1 aromatic heterocycles. The molecule has 3 aromatic carbocycles. The van der Waals surface area contributed by atoms with Gasteiger partial charge in [-0.2, -0.15) is 4.98 Å². The van der Waals surface area contributed by atoms with Gasteiger partial charge in [0.1, 0.15) is 4.90 Å². The largest absolute Gasteiger partial charge is 0.325 e. The van der Waals surface area contributed by atoms with Crippen LogP contribution in [0.1, 0.15) is 15.9 Å². The fourth-order valence-corrected chi connectivity index (χ4v) is 5.03. The van der Waals surface area contributed by atoms with Gasteiger partial charge in [0.2, 0.25) is 5.95 Å². The number of halogens is 2. The number of benzene rings is 3. The summed E-state index contributed by atoms with van der Waals surface area (Å²) in [7, 11) is -4.22. The summed E-state index contributed by atoms with van der Waals surface area (Å²) in [5.74, 6) is -0.573. The van der Waals surface area contributed by atoms with E-state index in [1.54, 1.807) is 24.3 Å². The van der Waals surface area contributed by atoms with Gasteiger partial charge >= 0.3 is 0 Å². The predicted molar refractivity (Wildman–Crippen MR) is 140 cm³/mol. The second-order valence-corrected chi connectivity index (χ2v) is 10.3. The van der Waals surface area contributed by atoms with Crippen LogP contribution in [0.2, 0.25) is 10.0 Å². The Kier molecular flexibility index (Phi) is 7.22. The maximum Gasteiger partial charge on any atom is 0.265 e. The van der Waals surface area contributed by atoms with Crippen molar-refractivity contribution in [1.29, 1.82) is 0 Å². The van der Waals surface area contributed by atoms with Gasteiger partial charge in [0, 0.05) is 21.3 Å². The zero-order chi connectivity index (χ0) is 25.2. The number of H-pyrrole nitrogens is 1. The SMILES string of the molecule is Cc1ccc(Nc2nc(NS(=O)(=O)c3cc(C(=O)Nc4ccc(Cl)cc4)c(Cl)cc3S)n[nH]2)cc1. The first kappa shape index (κ1) is 24.9. The third-order valence-corrected chi connectivity index (χ3v) is 7.16. The third-order valence-electron chi connectivity index (χ3n) is 4.71. The van der Waals surface area contributed by atoms with Crippen molar-refractivity contribution in [2.45, 2.75) is 16.7 Å². The number of thiol groups is 1. The lowest BCUT2D eigenvalue weighted by Gasteiger charge is -2.12. The number of amides is 1. The highest BCUT2D eigenvalue weighted by Gasteiger charge is 2.24. The standard InChI is InChI=1S/C22H18Cl2N6O3S2/c1-12-2-6-15(7-3-12)26-21-27-22(29-28-21)30-35(32,33)19-10-16(17(24)11-18(19)34)20(31)25-14-8-4-13(23)5-9-14/h2-11,34H,1H3,(H,25,31)(H3,26,27,28,29,30). The molecule has 0 aliphatic heterocycles. The summed E-state index contributed by atoms with van der Waals surface area (Å²) in [4.78, 5) is 16.6. The minimum absolute atomic E-state index is 0.0305. The Balaban J connectivity index is 1.54.